The third kappa shape index (κ3) is 5.24. The maximum Gasteiger partial charge on any atom is 0.109 e. The number of likely N-dealkylation sites (N-methyl/N-ethyl adjacent to an activating group) is 1. The number of hydrazine groups is 1. The Morgan fingerprint density at radius 2 is 2.08 bits per heavy atom. The maximum atomic E-state index is 5.30. The van der Waals surface area contributed by atoms with Crippen molar-refractivity contribution in [2.45, 2.75) is 40.2 Å². The number of ether oxygens (including phenoxy) is 1. The first-order valence-electron chi connectivity index (χ1n) is 5.24. The molecule has 0 spiro atoms. The minimum absolute atomic E-state index is 0.545. The Hall–Kier alpha value is -0.120. The van der Waals surface area contributed by atoms with Gasteiger partial charge in [0.05, 0.1) is 6.61 Å². The molecule has 1 unspecified atom stereocenters. The molecular weight excluding hydrogens is 164 g/mol. The molecule has 3 heteroatoms. The number of hydrogen-bond donors (Lipinski definition) is 1. The van der Waals surface area contributed by atoms with Crippen LogP contribution in [-0.2, 0) is 4.74 Å². The lowest BCUT2D eigenvalue weighted by atomic mass is 10.0. The van der Waals surface area contributed by atoms with Gasteiger partial charge >= 0.3 is 0 Å². The fourth-order valence-electron chi connectivity index (χ4n) is 1.35. The van der Waals surface area contributed by atoms with E-state index in [1.54, 1.807) is 0 Å². The van der Waals surface area contributed by atoms with Gasteiger partial charge in [-0.3, -0.25) is 0 Å². The van der Waals surface area contributed by atoms with Crippen LogP contribution in [0.4, 0.5) is 0 Å². The van der Waals surface area contributed by atoms with E-state index in [9.17, 15) is 0 Å². The lowest BCUT2D eigenvalue weighted by molar-refractivity contribution is -0.0532. The van der Waals surface area contributed by atoms with Crippen LogP contribution < -0.4 is 5.43 Å². The predicted octanol–water partition coefficient (Wildman–Crippen LogP) is 1.85. The molecule has 1 aliphatic heterocycles. The van der Waals surface area contributed by atoms with Crippen LogP contribution in [0.15, 0.2) is 0 Å². The summed E-state index contributed by atoms with van der Waals surface area (Å²) in [5.41, 5.74) is 3.15. The van der Waals surface area contributed by atoms with Crippen molar-refractivity contribution in [3.8, 4) is 0 Å². The molecule has 1 aliphatic rings. The first-order valence-corrected chi connectivity index (χ1v) is 5.24. The average molecular weight is 188 g/mol. The Kier molecular flexibility index (Phi) is 7.23. The highest BCUT2D eigenvalue weighted by Gasteiger charge is 2.19. The van der Waals surface area contributed by atoms with E-state index in [4.69, 9.17) is 4.74 Å². The summed E-state index contributed by atoms with van der Waals surface area (Å²) in [5, 5.41) is 2.16. The summed E-state index contributed by atoms with van der Waals surface area (Å²) in [7, 11) is 2.08. The lowest BCUT2D eigenvalue weighted by Gasteiger charge is -2.33. The maximum absolute atomic E-state index is 5.30. The van der Waals surface area contributed by atoms with Crippen LogP contribution >= 0.6 is 0 Å². The van der Waals surface area contributed by atoms with E-state index in [1.165, 1.54) is 6.42 Å². The molecule has 1 N–H and O–H groups in total. The minimum atomic E-state index is 0.545. The summed E-state index contributed by atoms with van der Waals surface area (Å²) >= 11 is 0. The molecule has 3 nitrogen and oxygen atoms in total. The molecule has 13 heavy (non-hydrogen) atoms. The molecule has 1 atom stereocenters. The van der Waals surface area contributed by atoms with Crippen LogP contribution in [0.1, 0.15) is 34.1 Å². The van der Waals surface area contributed by atoms with Crippen LogP contribution in [0.25, 0.3) is 0 Å². The Labute approximate surface area is 82.4 Å². The zero-order valence-electron chi connectivity index (χ0n) is 9.63. The summed E-state index contributed by atoms with van der Waals surface area (Å²) in [5.74, 6) is 0.742. The third-order valence-electron chi connectivity index (χ3n) is 2.02. The second-order valence-corrected chi connectivity index (χ2v) is 3.57. The van der Waals surface area contributed by atoms with E-state index in [-0.39, 0.29) is 0 Å². The Balaban J connectivity index is 0.000000671. The zero-order valence-corrected chi connectivity index (χ0v) is 9.63. The van der Waals surface area contributed by atoms with Gasteiger partial charge in [0.25, 0.3) is 0 Å². The van der Waals surface area contributed by atoms with Gasteiger partial charge in [-0.15, -0.1) is 0 Å². The lowest BCUT2D eigenvalue weighted by Crippen LogP contribution is -2.51. The second kappa shape index (κ2) is 7.30. The van der Waals surface area contributed by atoms with E-state index in [0.29, 0.717) is 12.8 Å². The summed E-state index contributed by atoms with van der Waals surface area (Å²) in [6, 6.07) is 0.545. The molecular formula is C10H24N2O. The largest absolute Gasteiger partial charge is 0.363 e. The van der Waals surface area contributed by atoms with Gasteiger partial charge in [0.15, 0.2) is 0 Å². The molecule has 0 aromatic carbocycles. The highest BCUT2D eigenvalue weighted by molar-refractivity contribution is 4.69. The molecule has 80 valence electrons. The molecule has 1 fully saturated rings. The molecule has 1 heterocycles. The molecule has 0 amide bonds. The predicted molar refractivity (Wildman–Crippen MR) is 56.3 cm³/mol. The van der Waals surface area contributed by atoms with E-state index in [0.717, 1.165) is 12.5 Å². The van der Waals surface area contributed by atoms with Crippen molar-refractivity contribution in [3.05, 3.63) is 0 Å². The van der Waals surface area contributed by atoms with Gasteiger partial charge in [-0.25, -0.2) is 10.4 Å². The van der Waals surface area contributed by atoms with Gasteiger partial charge in [-0.05, 0) is 12.3 Å². The molecule has 0 aliphatic carbocycles. The van der Waals surface area contributed by atoms with E-state index < -0.39 is 0 Å². The van der Waals surface area contributed by atoms with Crippen molar-refractivity contribution in [2.24, 2.45) is 5.92 Å². The number of nitrogens with zero attached hydrogens (tertiary/aromatic N) is 1. The highest BCUT2D eigenvalue weighted by atomic mass is 16.5. The molecule has 1 saturated heterocycles. The molecule has 0 saturated carbocycles. The van der Waals surface area contributed by atoms with Crippen LogP contribution in [0.2, 0.25) is 0 Å². The van der Waals surface area contributed by atoms with Gasteiger partial charge < -0.3 is 4.74 Å². The normalized spacial score (nSPS) is 24.0. The van der Waals surface area contributed by atoms with Gasteiger partial charge in [-0.2, -0.15) is 0 Å². The highest BCUT2D eigenvalue weighted by Crippen LogP contribution is 2.11. The summed E-state index contributed by atoms with van der Waals surface area (Å²) < 4.78 is 5.30. The number of hydrogen-bond acceptors (Lipinski definition) is 3. The fourth-order valence-corrected chi connectivity index (χ4v) is 1.35. The summed E-state index contributed by atoms with van der Waals surface area (Å²) in [4.78, 5) is 0. The van der Waals surface area contributed by atoms with E-state index in [1.807, 2.05) is 13.8 Å². The topological polar surface area (TPSA) is 24.5 Å². The third-order valence-corrected chi connectivity index (χ3v) is 2.02. The molecule has 1 rings (SSSR count). The first kappa shape index (κ1) is 12.9. The SMILES string of the molecule is CC.CC(C)CC1COCNN1C. The fraction of sp³-hybridized carbons (Fsp3) is 1.00. The number of rotatable bonds is 2. The van der Waals surface area contributed by atoms with Crippen molar-refractivity contribution >= 4 is 0 Å². The smallest absolute Gasteiger partial charge is 0.109 e. The monoisotopic (exact) mass is 188 g/mol. The van der Waals surface area contributed by atoms with Crippen molar-refractivity contribution in [1.29, 1.82) is 0 Å². The van der Waals surface area contributed by atoms with Gasteiger partial charge in [-0.1, -0.05) is 27.7 Å². The Morgan fingerprint density at radius 3 is 2.54 bits per heavy atom. The van der Waals surface area contributed by atoms with E-state index >= 15 is 0 Å². The van der Waals surface area contributed by atoms with Crippen LogP contribution in [0.3, 0.4) is 0 Å². The van der Waals surface area contributed by atoms with E-state index in [2.05, 4.69) is 31.3 Å². The van der Waals surface area contributed by atoms with Crippen molar-refractivity contribution in [2.75, 3.05) is 20.4 Å². The Bertz CT molecular complexity index is 117. The quantitative estimate of drug-likeness (QED) is 0.716. The van der Waals surface area contributed by atoms with Crippen molar-refractivity contribution in [3.63, 3.8) is 0 Å². The standard InChI is InChI=1S/C8H18N2O.C2H6/c1-7(2)4-8-5-11-6-9-10(8)3;1-2/h7-9H,4-6H2,1-3H3;1-2H3. The molecule has 0 aromatic rings. The van der Waals surface area contributed by atoms with Crippen LogP contribution in [0, 0.1) is 5.92 Å². The first-order chi connectivity index (χ1) is 6.20. The number of nitrogens with one attached hydrogen (secondary N) is 1. The van der Waals surface area contributed by atoms with Gasteiger partial charge in [0, 0.05) is 13.1 Å². The van der Waals surface area contributed by atoms with Gasteiger partial charge in [0.2, 0.25) is 0 Å². The summed E-state index contributed by atoms with van der Waals surface area (Å²) in [6.07, 6.45) is 1.20. The molecule has 0 aromatic heterocycles. The van der Waals surface area contributed by atoms with Crippen LogP contribution in [0.5, 0.6) is 0 Å². The average Bonchev–Trinajstić information content (AvgIpc) is 2.12. The Morgan fingerprint density at radius 1 is 1.46 bits per heavy atom. The summed E-state index contributed by atoms with van der Waals surface area (Å²) in [6.45, 7) is 10.00. The second-order valence-electron chi connectivity index (χ2n) is 3.57. The van der Waals surface area contributed by atoms with Gasteiger partial charge in [0.1, 0.15) is 6.73 Å². The zero-order chi connectivity index (χ0) is 10.3. The van der Waals surface area contributed by atoms with Crippen molar-refractivity contribution < 1.29 is 4.74 Å². The minimum Gasteiger partial charge on any atom is -0.363 e. The van der Waals surface area contributed by atoms with Crippen molar-refractivity contribution in [1.82, 2.24) is 10.4 Å². The molecule has 0 bridgehead atoms. The molecule has 0 radical (unpaired) electrons. The van der Waals surface area contributed by atoms with Crippen LogP contribution in [-0.4, -0.2) is 31.4 Å².